The second-order valence-corrected chi connectivity index (χ2v) is 5.69. The molecule has 1 aromatic carbocycles. The molecule has 0 unspecified atom stereocenters. The van der Waals surface area contributed by atoms with E-state index in [1.165, 1.54) is 0 Å². The van der Waals surface area contributed by atoms with E-state index in [4.69, 9.17) is 0 Å². The van der Waals surface area contributed by atoms with Gasteiger partial charge in [-0.05, 0) is 30.7 Å². The summed E-state index contributed by atoms with van der Waals surface area (Å²) in [4.78, 5) is 35.2. The van der Waals surface area contributed by atoms with Crippen molar-refractivity contribution in [3.63, 3.8) is 0 Å². The lowest BCUT2D eigenvalue weighted by molar-refractivity contribution is -0.119. The van der Waals surface area contributed by atoms with Gasteiger partial charge in [-0.25, -0.2) is 9.97 Å². The van der Waals surface area contributed by atoms with Gasteiger partial charge in [-0.1, -0.05) is 12.1 Å². The quantitative estimate of drug-likeness (QED) is 0.861. The largest absolute Gasteiger partial charge is 0.342 e. The Labute approximate surface area is 140 Å². The maximum atomic E-state index is 12.6. The molecule has 0 aliphatic carbocycles. The molecule has 1 aliphatic heterocycles. The Kier molecular flexibility index (Phi) is 4.69. The van der Waals surface area contributed by atoms with Crippen molar-refractivity contribution in [3.8, 4) is 0 Å². The van der Waals surface area contributed by atoms with E-state index in [1.807, 2.05) is 31.2 Å². The number of aryl methyl sites for hydroxylation is 1. The highest BCUT2D eigenvalue weighted by molar-refractivity contribution is 5.92. The topological polar surface area (TPSA) is 78.4 Å². The molecule has 0 bridgehead atoms. The third kappa shape index (κ3) is 3.68. The second-order valence-electron chi connectivity index (χ2n) is 5.69. The maximum Gasteiger partial charge on any atom is 0.272 e. The summed E-state index contributed by atoms with van der Waals surface area (Å²) in [5.74, 6) is 0.244. The monoisotopic (exact) mass is 325 g/mol. The summed E-state index contributed by atoms with van der Waals surface area (Å²) >= 11 is 0. The molecule has 2 amide bonds. The number of amides is 2. The second kappa shape index (κ2) is 7.08. The molecule has 124 valence electrons. The van der Waals surface area contributed by atoms with Gasteiger partial charge in [-0.3, -0.25) is 9.59 Å². The van der Waals surface area contributed by atoms with Crippen LogP contribution in [-0.2, 0) is 4.79 Å². The number of hydrogen-bond acceptors (Lipinski definition) is 5. The first-order valence-corrected chi connectivity index (χ1v) is 7.81. The van der Waals surface area contributed by atoms with Crippen LogP contribution in [0.25, 0.3) is 0 Å². The van der Waals surface area contributed by atoms with E-state index >= 15 is 0 Å². The number of aromatic nitrogens is 2. The predicted molar refractivity (Wildman–Crippen MR) is 90.0 cm³/mol. The average molecular weight is 325 g/mol. The fourth-order valence-corrected chi connectivity index (χ4v) is 2.58. The Morgan fingerprint density at radius 1 is 1.21 bits per heavy atom. The van der Waals surface area contributed by atoms with E-state index in [-0.39, 0.29) is 5.91 Å². The van der Waals surface area contributed by atoms with Crippen LogP contribution in [0.2, 0.25) is 0 Å². The number of piperazine rings is 1. The summed E-state index contributed by atoms with van der Waals surface area (Å²) in [7, 11) is 0. The Morgan fingerprint density at radius 2 is 2.00 bits per heavy atom. The van der Waals surface area contributed by atoms with Crippen molar-refractivity contribution in [1.29, 1.82) is 0 Å². The zero-order chi connectivity index (χ0) is 16.9. The van der Waals surface area contributed by atoms with Gasteiger partial charge in [0.05, 0.1) is 0 Å². The summed E-state index contributed by atoms with van der Waals surface area (Å²) in [6.07, 6.45) is 2.39. The van der Waals surface area contributed by atoms with Crippen LogP contribution in [-0.4, -0.2) is 58.3 Å². The normalized spacial score (nSPS) is 14.4. The van der Waals surface area contributed by atoms with Crippen molar-refractivity contribution in [2.45, 2.75) is 6.92 Å². The van der Waals surface area contributed by atoms with Crippen molar-refractivity contribution in [2.75, 3.05) is 31.5 Å². The highest BCUT2D eigenvalue weighted by Crippen LogP contribution is 2.15. The molecule has 7 heteroatoms. The van der Waals surface area contributed by atoms with E-state index in [0.717, 1.165) is 17.7 Å². The van der Waals surface area contributed by atoms with Crippen molar-refractivity contribution < 1.29 is 9.59 Å². The number of nitrogens with one attached hydrogen (secondary N) is 1. The van der Waals surface area contributed by atoms with Gasteiger partial charge in [0.2, 0.25) is 12.4 Å². The summed E-state index contributed by atoms with van der Waals surface area (Å²) in [5, 5.41) is 3.11. The van der Waals surface area contributed by atoms with Crippen LogP contribution in [0.4, 0.5) is 11.6 Å². The average Bonchev–Trinajstić information content (AvgIpc) is 2.61. The molecule has 1 saturated heterocycles. The molecule has 1 fully saturated rings. The third-order valence-electron chi connectivity index (χ3n) is 3.90. The fourth-order valence-electron chi connectivity index (χ4n) is 2.58. The van der Waals surface area contributed by atoms with E-state index < -0.39 is 0 Å². The number of hydrogen-bond donors (Lipinski definition) is 1. The third-order valence-corrected chi connectivity index (χ3v) is 3.90. The summed E-state index contributed by atoms with van der Waals surface area (Å²) in [6.45, 7) is 4.14. The molecule has 7 nitrogen and oxygen atoms in total. The Hall–Kier alpha value is -2.96. The smallest absolute Gasteiger partial charge is 0.272 e. The van der Waals surface area contributed by atoms with Crippen LogP contribution in [0.1, 0.15) is 16.1 Å². The Bertz CT molecular complexity index is 741. The van der Waals surface area contributed by atoms with Crippen molar-refractivity contribution >= 4 is 24.0 Å². The minimum atomic E-state index is -0.143. The molecule has 0 radical (unpaired) electrons. The number of carbonyl (C=O) groups excluding carboxylic acids is 2. The number of rotatable bonds is 4. The maximum absolute atomic E-state index is 12.6. The highest BCUT2D eigenvalue weighted by atomic mass is 16.2. The molecule has 0 atom stereocenters. The van der Waals surface area contributed by atoms with Gasteiger partial charge in [0, 0.05) is 38.1 Å². The summed E-state index contributed by atoms with van der Waals surface area (Å²) in [5.41, 5.74) is 2.35. The highest BCUT2D eigenvalue weighted by Gasteiger charge is 2.22. The number of benzene rings is 1. The van der Waals surface area contributed by atoms with Crippen LogP contribution in [0, 0.1) is 6.92 Å². The van der Waals surface area contributed by atoms with Gasteiger partial charge < -0.3 is 15.1 Å². The molecule has 24 heavy (non-hydrogen) atoms. The molecule has 0 spiro atoms. The molecule has 1 aromatic heterocycles. The molecular weight excluding hydrogens is 306 g/mol. The molecule has 0 saturated carbocycles. The van der Waals surface area contributed by atoms with Crippen LogP contribution < -0.4 is 5.32 Å². The first-order valence-electron chi connectivity index (χ1n) is 7.81. The lowest BCUT2D eigenvalue weighted by atomic mass is 10.2. The number of anilines is 2. The summed E-state index contributed by atoms with van der Waals surface area (Å²) < 4.78 is 0. The minimum absolute atomic E-state index is 0.143. The predicted octanol–water partition coefficient (Wildman–Crippen LogP) is 1.44. The standard InChI is InChI=1S/C17H19N5O2/c1-13-3-2-4-14(11-13)19-17-18-6-5-15(20-17)16(24)22-9-7-21(12-23)8-10-22/h2-6,11-12H,7-10H2,1H3,(H,18,19,20). The number of nitrogens with zero attached hydrogens (tertiary/aromatic N) is 4. The van der Waals surface area contributed by atoms with E-state index in [0.29, 0.717) is 37.8 Å². The van der Waals surface area contributed by atoms with E-state index in [1.54, 1.807) is 22.1 Å². The van der Waals surface area contributed by atoms with Gasteiger partial charge in [0.1, 0.15) is 5.69 Å². The van der Waals surface area contributed by atoms with Gasteiger partial charge in [-0.2, -0.15) is 0 Å². The Balaban J connectivity index is 1.71. The molecular formula is C17H19N5O2. The van der Waals surface area contributed by atoms with Crippen LogP contribution in [0.5, 0.6) is 0 Å². The van der Waals surface area contributed by atoms with Crippen LogP contribution in [0.3, 0.4) is 0 Å². The molecule has 2 aromatic rings. The first-order chi connectivity index (χ1) is 11.7. The van der Waals surface area contributed by atoms with Crippen molar-refractivity contribution in [3.05, 3.63) is 47.8 Å². The molecule has 1 N–H and O–H groups in total. The lowest BCUT2D eigenvalue weighted by Gasteiger charge is -2.32. The first kappa shape index (κ1) is 15.9. The van der Waals surface area contributed by atoms with Gasteiger partial charge in [0.15, 0.2) is 0 Å². The van der Waals surface area contributed by atoms with Crippen molar-refractivity contribution in [1.82, 2.24) is 19.8 Å². The molecule has 1 aliphatic rings. The SMILES string of the molecule is Cc1cccc(Nc2nccc(C(=O)N3CCN(C=O)CC3)n2)c1. The van der Waals surface area contributed by atoms with E-state index in [9.17, 15) is 9.59 Å². The zero-order valence-electron chi connectivity index (χ0n) is 13.5. The fraction of sp³-hybridized carbons (Fsp3) is 0.294. The Morgan fingerprint density at radius 3 is 2.71 bits per heavy atom. The van der Waals surface area contributed by atoms with Crippen LogP contribution in [0.15, 0.2) is 36.5 Å². The molecule has 2 heterocycles. The minimum Gasteiger partial charge on any atom is -0.342 e. The van der Waals surface area contributed by atoms with Crippen LogP contribution >= 0.6 is 0 Å². The van der Waals surface area contributed by atoms with Gasteiger partial charge >= 0.3 is 0 Å². The number of carbonyl (C=O) groups is 2. The van der Waals surface area contributed by atoms with Crippen molar-refractivity contribution in [2.24, 2.45) is 0 Å². The summed E-state index contributed by atoms with van der Waals surface area (Å²) in [6, 6.07) is 9.46. The lowest BCUT2D eigenvalue weighted by Crippen LogP contribution is -2.48. The zero-order valence-corrected chi connectivity index (χ0v) is 13.5. The van der Waals surface area contributed by atoms with Gasteiger partial charge in [0.25, 0.3) is 5.91 Å². The van der Waals surface area contributed by atoms with Gasteiger partial charge in [-0.15, -0.1) is 0 Å². The molecule has 3 rings (SSSR count). The van der Waals surface area contributed by atoms with E-state index in [2.05, 4.69) is 15.3 Å².